The molecule has 2 rings (SSSR count). The molecular weight excluding hydrogens is 288 g/mol. The molecule has 8 heteroatoms. The number of thiophene rings is 1. The third kappa shape index (κ3) is 2.99. The lowest BCUT2D eigenvalue weighted by Crippen LogP contribution is -2.23. The molecule has 6 nitrogen and oxygen atoms in total. The van der Waals surface area contributed by atoms with Crippen molar-refractivity contribution in [3.05, 3.63) is 44.0 Å². The Morgan fingerprint density at radius 2 is 2.32 bits per heavy atom. The first-order valence-corrected chi connectivity index (χ1v) is 6.81. The zero-order valence-electron chi connectivity index (χ0n) is 10.1. The molecule has 0 N–H and O–H groups in total. The molecule has 19 heavy (non-hydrogen) atoms. The lowest BCUT2D eigenvalue weighted by Gasteiger charge is -2.20. The summed E-state index contributed by atoms with van der Waals surface area (Å²) in [5.74, 6) is 0.251. The van der Waals surface area contributed by atoms with Gasteiger partial charge in [0.25, 0.3) is 0 Å². The predicted octanol–water partition coefficient (Wildman–Crippen LogP) is 3.13. The smallest absolute Gasteiger partial charge is 0.346 e. The minimum atomic E-state index is -0.547. The van der Waals surface area contributed by atoms with Crippen LogP contribution in [0.1, 0.15) is 11.8 Å². The maximum absolute atomic E-state index is 11.1. The van der Waals surface area contributed by atoms with Crippen molar-refractivity contribution in [2.45, 2.75) is 13.5 Å². The summed E-state index contributed by atoms with van der Waals surface area (Å²) in [6.07, 6.45) is 1.24. The fraction of sp³-hybridized carbons (Fsp3) is 0.273. The fourth-order valence-corrected chi connectivity index (χ4v) is 2.58. The van der Waals surface area contributed by atoms with E-state index in [9.17, 15) is 10.1 Å². The Bertz CT molecular complexity index is 576. The Morgan fingerprint density at radius 1 is 1.53 bits per heavy atom. The molecule has 2 aromatic rings. The monoisotopic (exact) mass is 298 g/mol. The van der Waals surface area contributed by atoms with E-state index >= 15 is 0 Å². The van der Waals surface area contributed by atoms with E-state index < -0.39 is 4.92 Å². The highest BCUT2D eigenvalue weighted by molar-refractivity contribution is 7.09. The number of hydrogen-bond donors (Lipinski definition) is 0. The second-order valence-electron chi connectivity index (χ2n) is 3.69. The molecule has 0 aliphatic heterocycles. The average Bonchev–Trinajstić information content (AvgIpc) is 2.88. The average molecular weight is 299 g/mol. The molecule has 2 aromatic heterocycles. The Balaban J connectivity index is 2.38. The summed E-state index contributed by atoms with van der Waals surface area (Å²) in [6, 6.07) is 3.91. The van der Waals surface area contributed by atoms with Crippen molar-refractivity contribution in [1.29, 1.82) is 0 Å². The molecule has 0 aromatic carbocycles. The molecule has 2 heterocycles. The van der Waals surface area contributed by atoms with Gasteiger partial charge in [0.15, 0.2) is 0 Å². The van der Waals surface area contributed by atoms with Crippen LogP contribution in [-0.4, -0.2) is 21.4 Å². The molecule has 0 fully saturated rings. The van der Waals surface area contributed by atoms with Gasteiger partial charge in [-0.25, -0.2) is 9.97 Å². The van der Waals surface area contributed by atoms with Gasteiger partial charge in [-0.2, -0.15) is 0 Å². The molecule has 0 aliphatic carbocycles. The summed E-state index contributed by atoms with van der Waals surface area (Å²) in [4.78, 5) is 21.1. The number of nitrogens with zero attached hydrogens (tertiary/aromatic N) is 4. The van der Waals surface area contributed by atoms with Crippen LogP contribution in [0, 0.1) is 10.1 Å². The Labute approximate surface area is 118 Å². The van der Waals surface area contributed by atoms with Crippen LogP contribution in [0.4, 0.5) is 11.5 Å². The second kappa shape index (κ2) is 5.94. The van der Waals surface area contributed by atoms with Gasteiger partial charge in [-0.1, -0.05) is 17.7 Å². The van der Waals surface area contributed by atoms with Gasteiger partial charge in [0.1, 0.15) is 6.33 Å². The van der Waals surface area contributed by atoms with Crippen molar-refractivity contribution in [3.63, 3.8) is 0 Å². The minimum absolute atomic E-state index is 0.139. The molecule has 0 aliphatic rings. The summed E-state index contributed by atoms with van der Waals surface area (Å²) in [6.45, 7) is 3.06. The van der Waals surface area contributed by atoms with Gasteiger partial charge >= 0.3 is 5.69 Å². The van der Waals surface area contributed by atoms with E-state index in [0.717, 1.165) is 4.88 Å². The summed E-state index contributed by atoms with van der Waals surface area (Å²) < 4.78 is 0. The molecule has 0 unspecified atom stereocenters. The van der Waals surface area contributed by atoms with Gasteiger partial charge in [0.2, 0.25) is 11.0 Å². The number of halogens is 1. The molecule has 0 saturated carbocycles. The summed E-state index contributed by atoms with van der Waals surface area (Å²) in [5, 5.41) is 12.9. The quantitative estimate of drug-likeness (QED) is 0.482. The highest BCUT2D eigenvalue weighted by Crippen LogP contribution is 2.32. The number of hydrogen-bond acceptors (Lipinski definition) is 6. The van der Waals surface area contributed by atoms with E-state index in [4.69, 9.17) is 11.6 Å². The van der Waals surface area contributed by atoms with Crippen molar-refractivity contribution in [2.24, 2.45) is 0 Å². The van der Waals surface area contributed by atoms with Gasteiger partial charge < -0.3 is 4.90 Å². The van der Waals surface area contributed by atoms with Crippen LogP contribution in [0.3, 0.4) is 0 Å². The molecule has 0 bridgehead atoms. The number of nitro groups is 1. The maximum atomic E-state index is 11.1. The predicted molar refractivity (Wildman–Crippen MR) is 74.7 cm³/mol. The topological polar surface area (TPSA) is 72.2 Å². The normalized spacial score (nSPS) is 10.4. The van der Waals surface area contributed by atoms with E-state index in [1.165, 1.54) is 6.33 Å². The summed E-state index contributed by atoms with van der Waals surface area (Å²) >= 11 is 7.38. The molecule has 0 spiro atoms. The molecule has 0 amide bonds. The zero-order chi connectivity index (χ0) is 13.8. The lowest BCUT2D eigenvalue weighted by molar-refractivity contribution is -0.384. The van der Waals surface area contributed by atoms with Crippen molar-refractivity contribution in [3.8, 4) is 0 Å². The van der Waals surface area contributed by atoms with Crippen LogP contribution in [0.25, 0.3) is 0 Å². The van der Waals surface area contributed by atoms with Crippen LogP contribution in [0.15, 0.2) is 23.8 Å². The molecule has 0 saturated heterocycles. The Kier molecular flexibility index (Phi) is 4.28. The van der Waals surface area contributed by atoms with Gasteiger partial charge in [0.05, 0.1) is 11.5 Å². The fourth-order valence-electron chi connectivity index (χ4n) is 1.66. The van der Waals surface area contributed by atoms with Crippen molar-refractivity contribution in [2.75, 3.05) is 11.4 Å². The van der Waals surface area contributed by atoms with Gasteiger partial charge in [0, 0.05) is 11.4 Å². The maximum Gasteiger partial charge on any atom is 0.348 e. The third-order valence-corrected chi connectivity index (χ3v) is 3.69. The second-order valence-corrected chi connectivity index (χ2v) is 5.08. The highest BCUT2D eigenvalue weighted by Gasteiger charge is 2.25. The van der Waals surface area contributed by atoms with Gasteiger partial charge in [-0.15, -0.1) is 11.3 Å². The number of rotatable bonds is 5. The lowest BCUT2D eigenvalue weighted by atomic mass is 10.3. The van der Waals surface area contributed by atoms with Gasteiger partial charge in [-0.05, 0) is 18.4 Å². The standard InChI is InChI=1S/C11H11ClN4O2S/c1-2-15(6-8-4-3-5-19-8)11-9(16(17)18)10(12)13-7-14-11/h3-5,7H,2,6H2,1H3. The molecule has 100 valence electrons. The van der Waals surface area contributed by atoms with Crippen LogP contribution in [0.2, 0.25) is 5.15 Å². The Hall–Kier alpha value is -1.73. The molecular formula is C11H11ClN4O2S. The van der Waals surface area contributed by atoms with E-state index in [-0.39, 0.29) is 16.7 Å². The van der Waals surface area contributed by atoms with Gasteiger partial charge in [-0.3, -0.25) is 10.1 Å². The van der Waals surface area contributed by atoms with Crippen molar-refractivity contribution < 1.29 is 4.92 Å². The first-order valence-electron chi connectivity index (χ1n) is 5.55. The van der Waals surface area contributed by atoms with Crippen LogP contribution >= 0.6 is 22.9 Å². The molecule has 0 radical (unpaired) electrons. The number of aromatic nitrogens is 2. The largest absolute Gasteiger partial charge is 0.348 e. The van der Waals surface area contributed by atoms with Crippen molar-refractivity contribution in [1.82, 2.24) is 9.97 Å². The summed E-state index contributed by atoms with van der Waals surface area (Å²) in [5.41, 5.74) is -0.248. The van der Waals surface area contributed by atoms with E-state index in [2.05, 4.69) is 9.97 Å². The minimum Gasteiger partial charge on any atom is -0.346 e. The SMILES string of the molecule is CCN(Cc1cccs1)c1ncnc(Cl)c1[N+](=O)[O-]. The van der Waals surface area contributed by atoms with E-state index in [1.807, 2.05) is 24.4 Å². The van der Waals surface area contributed by atoms with Crippen LogP contribution < -0.4 is 4.90 Å². The first kappa shape index (κ1) is 13.7. The zero-order valence-corrected chi connectivity index (χ0v) is 11.7. The van der Waals surface area contributed by atoms with E-state index in [1.54, 1.807) is 16.2 Å². The molecule has 0 atom stereocenters. The summed E-state index contributed by atoms with van der Waals surface area (Å²) in [7, 11) is 0. The number of anilines is 1. The highest BCUT2D eigenvalue weighted by atomic mass is 35.5. The third-order valence-electron chi connectivity index (χ3n) is 2.55. The first-order chi connectivity index (χ1) is 9.13. The van der Waals surface area contributed by atoms with Crippen molar-refractivity contribution >= 4 is 34.4 Å². The Morgan fingerprint density at radius 3 is 2.89 bits per heavy atom. The van der Waals surface area contributed by atoms with Crippen LogP contribution in [-0.2, 0) is 6.54 Å². The van der Waals surface area contributed by atoms with E-state index in [0.29, 0.717) is 13.1 Å². The van der Waals surface area contributed by atoms with Crippen LogP contribution in [0.5, 0.6) is 0 Å².